The summed E-state index contributed by atoms with van der Waals surface area (Å²) in [5.74, 6) is 6.17. The molecular formula is C33H41F3N4O4S. The van der Waals surface area contributed by atoms with Gasteiger partial charge in [-0.3, -0.25) is 4.90 Å². The number of morpholine rings is 1. The maximum absolute atomic E-state index is 13.7. The number of alkyl halides is 3. The second-order valence-corrected chi connectivity index (χ2v) is 13.9. The molecule has 3 aromatic rings. The van der Waals surface area contributed by atoms with Crippen LogP contribution in [0.4, 0.5) is 24.5 Å². The van der Waals surface area contributed by atoms with E-state index in [2.05, 4.69) is 34.3 Å². The van der Waals surface area contributed by atoms with Gasteiger partial charge in [-0.1, -0.05) is 18.9 Å². The van der Waals surface area contributed by atoms with Crippen LogP contribution in [0.5, 0.6) is 5.75 Å². The van der Waals surface area contributed by atoms with E-state index in [-0.39, 0.29) is 28.7 Å². The molecule has 8 nitrogen and oxygen atoms in total. The quantitative estimate of drug-likeness (QED) is 0.280. The molecule has 2 aliphatic rings. The van der Waals surface area contributed by atoms with E-state index in [1.165, 1.54) is 23.8 Å². The fourth-order valence-corrected chi connectivity index (χ4v) is 7.27. The van der Waals surface area contributed by atoms with Crippen LogP contribution in [0.1, 0.15) is 44.7 Å². The Kier molecular flexibility index (Phi) is 9.91. The topological polar surface area (TPSA) is 84.8 Å². The number of hydrogen-bond donors (Lipinski definition) is 2. The standard InChI is InChI=1S/C33H41F3N4O4S/c1-4-32(39-17-19-44-20-18-39)14-12-24(13-15-32)38-28-8-5-9-30-27(28)21-25(40(30)23-33(34,35)36)7-6-16-37-29-11-10-26(45(3,41)42)22-31(29)43-2/h5,8-11,21-22,24,37-38H,4,12-20,23H2,1-3H3/t24-,32-. The maximum Gasteiger partial charge on any atom is 0.406 e. The summed E-state index contributed by atoms with van der Waals surface area (Å²) in [5.41, 5.74) is 2.25. The molecular weight excluding hydrogens is 605 g/mol. The van der Waals surface area contributed by atoms with Gasteiger partial charge in [-0.25, -0.2) is 8.42 Å². The van der Waals surface area contributed by atoms with E-state index >= 15 is 0 Å². The summed E-state index contributed by atoms with van der Waals surface area (Å²) >= 11 is 0. The fourth-order valence-electron chi connectivity index (χ4n) is 6.64. The lowest BCUT2D eigenvalue weighted by molar-refractivity contribution is -0.140. The molecule has 12 heteroatoms. The van der Waals surface area contributed by atoms with Crippen molar-refractivity contribution in [3.8, 4) is 17.6 Å². The number of hydrogen-bond acceptors (Lipinski definition) is 7. The molecule has 1 saturated heterocycles. The molecule has 1 aromatic heterocycles. The number of halogens is 3. The number of nitrogens with one attached hydrogen (secondary N) is 2. The first-order valence-corrected chi connectivity index (χ1v) is 17.2. The molecule has 1 aliphatic heterocycles. The van der Waals surface area contributed by atoms with E-state index in [4.69, 9.17) is 9.47 Å². The Bertz CT molecular complexity index is 1660. The van der Waals surface area contributed by atoms with Crippen LogP contribution in [0.3, 0.4) is 0 Å². The molecule has 5 rings (SSSR count). The Labute approximate surface area is 263 Å². The Morgan fingerprint density at radius 2 is 1.82 bits per heavy atom. The van der Waals surface area contributed by atoms with Crippen LogP contribution in [0.25, 0.3) is 10.9 Å². The molecule has 0 spiro atoms. The molecule has 0 amide bonds. The zero-order chi connectivity index (χ0) is 32.2. The zero-order valence-electron chi connectivity index (χ0n) is 26.0. The Morgan fingerprint density at radius 3 is 2.47 bits per heavy atom. The summed E-state index contributed by atoms with van der Waals surface area (Å²) in [4.78, 5) is 2.71. The van der Waals surface area contributed by atoms with Crippen LogP contribution in [0, 0.1) is 11.8 Å². The molecule has 0 unspecified atom stereocenters. The first-order valence-electron chi connectivity index (χ1n) is 15.3. The summed E-state index contributed by atoms with van der Waals surface area (Å²) in [6.45, 7) is 4.68. The number of sulfone groups is 1. The average Bonchev–Trinajstić information content (AvgIpc) is 3.36. The third-order valence-corrected chi connectivity index (χ3v) is 10.2. The van der Waals surface area contributed by atoms with Crippen molar-refractivity contribution in [2.24, 2.45) is 0 Å². The molecule has 1 aliphatic carbocycles. The minimum atomic E-state index is -4.43. The molecule has 2 N–H and O–H groups in total. The van der Waals surface area contributed by atoms with E-state index in [0.717, 1.165) is 70.4 Å². The second-order valence-electron chi connectivity index (χ2n) is 11.9. The van der Waals surface area contributed by atoms with Crippen molar-refractivity contribution in [3.63, 3.8) is 0 Å². The van der Waals surface area contributed by atoms with Gasteiger partial charge in [0.05, 0.1) is 48.7 Å². The van der Waals surface area contributed by atoms with Crippen LogP contribution < -0.4 is 15.4 Å². The Morgan fingerprint density at radius 1 is 1.09 bits per heavy atom. The zero-order valence-corrected chi connectivity index (χ0v) is 26.8. The van der Waals surface area contributed by atoms with Gasteiger partial charge in [-0.15, -0.1) is 0 Å². The van der Waals surface area contributed by atoms with Crippen molar-refractivity contribution in [1.82, 2.24) is 9.47 Å². The van der Waals surface area contributed by atoms with Gasteiger partial charge >= 0.3 is 6.18 Å². The highest BCUT2D eigenvalue weighted by Gasteiger charge is 2.39. The van der Waals surface area contributed by atoms with Crippen LogP contribution in [-0.2, 0) is 21.1 Å². The van der Waals surface area contributed by atoms with Crippen molar-refractivity contribution >= 4 is 32.1 Å². The van der Waals surface area contributed by atoms with Crippen LogP contribution in [0.15, 0.2) is 47.4 Å². The average molecular weight is 647 g/mol. The lowest BCUT2D eigenvalue weighted by Crippen LogP contribution is -2.55. The van der Waals surface area contributed by atoms with Gasteiger partial charge in [0.15, 0.2) is 9.84 Å². The highest BCUT2D eigenvalue weighted by atomic mass is 32.2. The van der Waals surface area contributed by atoms with Gasteiger partial charge in [-0.05, 0) is 68.4 Å². The summed E-state index contributed by atoms with van der Waals surface area (Å²) in [5, 5.41) is 7.43. The summed E-state index contributed by atoms with van der Waals surface area (Å²) in [6, 6.07) is 11.8. The van der Waals surface area contributed by atoms with Crippen molar-refractivity contribution in [2.45, 2.75) is 68.2 Å². The third-order valence-electron chi connectivity index (χ3n) is 9.08. The molecule has 0 bridgehead atoms. The van der Waals surface area contributed by atoms with Crippen molar-refractivity contribution in [1.29, 1.82) is 0 Å². The first kappa shape index (κ1) is 33.0. The minimum Gasteiger partial charge on any atom is -0.495 e. The number of fused-ring (bicyclic) bond motifs is 1. The SMILES string of the molecule is CC[C@]1(N2CCOCC2)CC[C@H](Nc2cccc3c2cc(C#CCNc2ccc(S(C)(=O)=O)cc2OC)n3CC(F)(F)F)CC1. The molecule has 2 fully saturated rings. The smallest absolute Gasteiger partial charge is 0.406 e. The second kappa shape index (κ2) is 13.5. The number of aromatic nitrogens is 1. The molecule has 0 radical (unpaired) electrons. The maximum atomic E-state index is 13.7. The predicted octanol–water partition coefficient (Wildman–Crippen LogP) is 5.91. The third kappa shape index (κ3) is 7.71. The van der Waals surface area contributed by atoms with E-state index in [9.17, 15) is 21.6 Å². The highest BCUT2D eigenvalue weighted by Crippen LogP contribution is 2.39. The highest BCUT2D eigenvalue weighted by molar-refractivity contribution is 7.90. The van der Waals surface area contributed by atoms with Gasteiger partial charge in [0.2, 0.25) is 0 Å². The number of nitrogens with zero attached hydrogens (tertiary/aromatic N) is 2. The lowest BCUT2D eigenvalue weighted by atomic mass is 9.76. The minimum absolute atomic E-state index is 0.109. The summed E-state index contributed by atoms with van der Waals surface area (Å²) in [6.07, 6.45) is 1.88. The monoisotopic (exact) mass is 646 g/mol. The van der Waals surface area contributed by atoms with Crippen LogP contribution in [0.2, 0.25) is 0 Å². The number of rotatable bonds is 9. The van der Waals surface area contributed by atoms with E-state index in [0.29, 0.717) is 22.3 Å². The molecule has 2 aromatic carbocycles. The molecule has 45 heavy (non-hydrogen) atoms. The number of benzene rings is 2. The molecule has 2 heterocycles. The van der Waals surface area contributed by atoms with Crippen molar-refractivity contribution in [2.75, 3.05) is 56.8 Å². The Balaban J connectivity index is 1.34. The predicted molar refractivity (Wildman–Crippen MR) is 171 cm³/mol. The number of ether oxygens (including phenoxy) is 2. The molecule has 244 valence electrons. The van der Waals surface area contributed by atoms with Crippen molar-refractivity contribution < 1.29 is 31.1 Å². The van der Waals surface area contributed by atoms with E-state index in [1.807, 2.05) is 6.07 Å². The molecule has 1 saturated carbocycles. The fraction of sp³-hybridized carbons (Fsp3) is 0.515. The van der Waals surface area contributed by atoms with Gasteiger partial charge in [-0.2, -0.15) is 13.2 Å². The van der Waals surface area contributed by atoms with Gasteiger partial charge in [0, 0.05) is 48.1 Å². The number of anilines is 2. The largest absolute Gasteiger partial charge is 0.495 e. The van der Waals surface area contributed by atoms with Gasteiger partial charge < -0.3 is 24.7 Å². The first-order chi connectivity index (χ1) is 21.4. The van der Waals surface area contributed by atoms with Gasteiger partial charge in [0.1, 0.15) is 12.3 Å². The molecule has 0 atom stereocenters. The van der Waals surface area contributed by atoms with E-state index in [1.54, 1.807) is 24.3 Å². The summed E-state index contributed by atoms with van der Waals surface area (Å²) in [7, 11) is -1.98. The summed E-state index contributed by atoms with van der Waals surface area (Å²) < 4.78 is 77.0. The number of methoxy groups -OCH3 is 1. The van der Waals surface area contributed by atoms with Crippen molar-refractivity contribution in [3.05, 3.63) is 48.2 Å². The Hall–Kier alpha value is -3.40. The lowest BCUT2D eigenvalue weighted by Gasteiger charge is -2.49. The van der Waals surface area contributed by atoms with Crippen LogP contribution >= 0.6 is 0 Å². The van der Waals surface area contributed by atoms with E-state index < -0.39 is 22.6 Å². The normalized spacial score (nSPS) is 21.2. The van der Waals surface area contributed by atoms with Crippen LogP contribution in [-0.4, -0.2) is 81.9 Å². The van der Waals surface area contributed by atoms with Gasteiger partial charge in [0.25, 0.3) is 0 Å².